The third-order valence-corrected chi connectivity index (χ3v) is 18.0. The summed E-state index contributed by atoms with van der Waals surface area (Å²) < 4.78 is 68.9. The predicted molar refractivity (Wildman–Crippen MR) is 185 cm³/mol. The van der Waals surface area contributed by atoms with Gasteiger partial charge in [-0.15, -0.1) is 13.2 Å². The summed E-state index contributed by atoms with van der Waals surface area (Å²) in [7, 11) is -2.56. The zero-order valence-corrected chi connectivity index (χ0v) is 32.2. The molecule has 6 rings (SSSR count). The van der Waals surface area contributed by atoms with Gasteiger partial charge in [-0.1, -0.05) is 40.7 Å². The summed E-state index contributed by atoms with van der Waals surface area (Å²) >= 11 is 0. The van der Waals surface area contributed by atoms with Crippen molar-refractivity contribution < 1.29 is 66.2 Å². The van der Waals surface area contributed by atoms with Gasteiger partial charge >= 0.3 is 18.3 Å². The Hall–Kier alpha value is -2.82. The molecule has 9 atom stereocenters. The van der Waals surface area contributed by atoms with Crippen LogP contribution in [0.25, 0.3) is 0 Å². The summed E-state index contributed by atoms with van der Waals surface area (Å²) in [6, 6.07) is 6.34. The maximum Gasteiger partial charge on any atom is 0.573 e. The highest BCUT2D eigenvalue weighted by Gasteiger charge is 2.77. The fourth-order valence-electron chi connectivity index (χ4n) is 9.57. The molecule has 1 unspecified atom stereocenters. The number of alkyl halides is 3. The van der Waals surface area contributed by atoms with E-state index in [1.165, 1.54) is 12.1 Å². The molecule has 0 spiro atoms. The summed E-state index contributed by atoms with van der Waals surface area (Å²) in [6.07, 6.45) is -10.8. The van der Waals surface area contributed by atoms with Crippen LogP contribution in [0.4, 0.5) is 13.2 Å². The van der Waals surface area contributed by atoms with E-state index in [0.717, 1.165) is 12.1 Å². The maximum absolute atomic E-state index is 15.7. The van der Waals surface area contributed by atoms with Gasteiger partial charge in [-0.3, -0.25) is 9.59 Å². The Labute approximate surface area is 308 Å². The van der Waals surface area contributed by atoms with E-state index >= 15 is 4.79 Å². The van der Waals surface area contributed by atoms with Crippen LogP contribution in [0.15, 0.2) is 35.4 Å². The largest absolute Gasteiger partial charge is 0.573 e. The number of ketones is 1. The molecule has 1 aromatic carbocycles. The summed E-state index contributed by atoms with van der Waals surface area (Å²) in [4.78, 5) is 43.3. The van der Waals surface area contributed by atoms with Gasteiger partial charge in [-0.2, -0.15) is 0 Å². The lowest BCUT2D eigenvalue weighted by Crippen LogP contribution is -2.81. The van der Waals surface area contributed by atoms with Crippen LogP contribution in [0.5, 0.6) is 5.75 Å². The monoisotopic (exact) mass is 768 g/mol. The minimum atomic E-state index is -5.05. The van der Waals surface area contributed by atoms with E-state index in [9.17, 15) is 38.1 Å². The van der Waals surface area contributed by atoms with Gasteiger partial charge in [0.1, 0.15) is 23.1 Å². The van der Waals surface area contributed by atoms with Crippen LogP contribution in [0.1, 0.15) is 84.5 Å². The van der Waals surface area contributed by atoms with E-state index in [1.54, 1.807) is 27.7 Å². The van der Waals surface area contributed by atoms with Gasteiger partial charge in [0, 0.05) is 24.2 Å². The zero-order chi connectivity index (χ0) is 39.1. The van der Waals surface area contributed by atoms with Gasteiger partial charge in [-0.25, -0.2) is 4.79 Å². The second kappa shape index (κ2) is 13.4. The number of benzene rings is 1. The van der Waals surface area contributed by atoms with Crippen LogP contribution in [0.3, 0.4) is 0 Å². The average Bonchev–Trinajstić information content (AvgIpc) is 3.94. The van der Waals surface area contributed by atoms with Crippen LogP contribution in [-0.2, 0) is 28.2 Å². The van der Waals surface area contributed by atoms with Gasteiger partial charge in [0.2, 0.25) is 0 Å². The molecule has 3 saturated carbocycles. The van der Waals surface area contributed by atoms with Crippen LogP contribution >= 0.6 is 0 Å². The Morgan fingerprint density at radius 3 is 2.23 bits per heavy atom. The number of ether oxygens (including phenoxy) is 4. The van der Waals surface area contributed by atoms with Crippen molar-refractivity contribution in [2.45, 2.75) is 140 Å². The van der Waals surface area contributed by atoms with Gasteiger partial charge in [0.15, 0.2) is 20.2 Å². The molecule has 2 bridgehead atoms. The first-order valence-corrected chi connectivity index (χ1v) is 21.1. The number of esters is 2. The topological polar surface area (TPSA) is 158 Å². The minimum Gasteiger partial charge on any atom is -0.455 e. The second-order valence-corrected chi connectivity index (χ2v) is 21.1. The quantitative estimate of drug-likeness (QED) is 0.159. The predicted octanol–water partition coefficient (Wildman–Crippen LogP) is 5.40. The van der Waals surface area contributed by atoms with E-state index < -0.39 is 109 Å². The van der Waals surface area contributed by atoms with Crippen LogP contribution in [0, 0.1) is 22.7 Å². The van der Waals surface area contributed by atoms with E-state index in [1.807, 2.05) is 20.8 Å². The molecule has 4 fully saturated rings. The molecule has 3 N–H and O–H groups in total. The van der Waals surface area contributed by atoms with Crippen molar-refractivity contribution in [1.82, 2.24) is 0 Å². The molecule has 15 heteroatoms. The van der Waals surface area contributed by atoms with Crippen molar-refractivity contribution in [3.05, 3.63) is 41.0 Å². The molecule has 53 heavy (non-hydrogen) atoms. The first kappa shape index (κ1) is 39.9. The molecule has 294 valence electrons. The molecule has 1 saturated heterocycles. The van der Waals surface area contributed by atoms with E-state index in [-0.39, 0.29) is 24.2 Å². The zero-order valence-electron chi connectivity index (χ0n) is 31.2. The molecular weight excluding hydrogens is 717 g/mol. The summed E-state index contributed by atoms with van der Waals surface area (Å²) in [5, 5.41) is 37.5. The highest BCUT2D eigenvalue weighted by atomic mass is 28.4. The van der Waals surface area contributed by atoms with E-state index in [4.69, 9.17) is 18.6 Å². The van der Waals surface area contributed by atoms with Gasteiger partial charge in [-0.05, 0) is 74.2 Å². The molecular formula is C38H51F3O11Si. The summed E-state index contributed by atoms with van der Waals surface area (Å²) in [6.45, 7) is 12.2. The lowest BCUT2D eigenvalue weighted by Gasteiger charge is -2.67. The van der Waals surface area contributed by atoms with Crippen molar-refractivity contribution in [2.24, 2.45) is 22.7 Å². The Balaban J connectivity index is 1.59. The van der Waals surface area contributed by atoms with E-state index in [2.05, 4.69) is 4.74 Å². The number of hydrogen-bond donors (Lipinski definition) is 3. The average molecular weight is 769 g/mol. The molecule has 0 amide bonds. The molecule has 1 aliphatic heterocycles. The lowest BCUT2D eigenvalue weighted by atomic mass is 9.44. The van der Waals surface area contributed by atoms with Gasteiger partial charge in [0.25, 0.3) is 0 Å². The Bertz CT molecular complexity index is 1660. The Morgan fingerprint density at radius 1 is 1.04 bits per heavy atom. The van der Waals surface area contributed by atoms with Crippen molar-refractivity contribution in [1.29, 1.82) is 0 Å². The van der Waals surface area contributed by atoms with Gasteiger partial charge in [0.05, 0.1) is 41.8 Å². The molecule has 1 heterocycles. The van der Waals surface area contributed by atoms with Crippen molar-refractivity contribution >= 4 is 26.0 Å². The first-order chi connectivity index (χ1) is 24.6. The lowest BCUT2D eigenvalue weighted by molar-refractivity contribution is -0.342. The smallest absolute Gasteiger partial charge is 0.455 e. The molecule has 5 aliphatic rings. The van der Waals surface area contributed by atoms with Crippen LogP contribution in [0.2, 0.25) is 18.1 Å². The molecule has 0 radical (unpaired) electrons. The highest BCUT2D eigenvalue weighted by molar-refractivity contribution is 6.73. The van der Waals surface area contributed by atoms with E-state index in [0.29, 0.717) is 36.5 Å². The molecule has 4 aliphatic carbocycles. The second-order valence-electron chi connectivity index (χ2n) is 16.4. The Kier molecular flexibility index (Phi) is 10.1. The normalized spacial score (nSPS) is 36.7. The fourth-order valence-corrected chi connectivity index (χ4v) is 12.5. The number of rotatable bonds is 10. The van der Waals surface area contributed by atoms with Crippen molar-refractivity contribution in [3.63, 3.8) is 0 Å². The number of fused-ring (bicyclic) bond motifs is 5. The number of halogens is 3. The minimum absolute atomic E-state index is 0.0766. The number of carbonyl (C=O) groups is 3. The number of aliphatic hydroxyl groups is 3. The Morgan fingerprint density at radius 2 is 1.68 bits per heavy atom. The summed E-state index contributed by atoms with van der Waals surface area (Å²) in [5.74, 6) is -4.95. The molecule has 11 nitrogen and oxygen atoms in total. The first-order valence-electron chi connectivity index (χ1n) is 18.6. The highest BCUT2D eigenvalue weighted by Crippen LogP contribution is 2.64. The number of aliphatic hydroxyl groups excluding tert-OH is 1. The molecule has 0 aromatic heterocycles. The number of hydrogen-bond acceptors (Lipinski definition) is 11. The SMILES string of the molecule is CC[Si](CC)(CC)OC1C[C@H]2OC[C@@]2(O)[C@H]2[C@H](OC(=O)c3cccc(OC(F)(F)F)c3)[C@]3(O)C[C@H](O)C(C)=C([C@@H](OC(=O)C4CC4)C(=O)[C@]12C)C3(C)C. The summed E-state index contributed by atoms with van der Waals surface area (Å²) in [5.41, 5.74) is -7.38. The van der Waals surface area contributed by atoms with Crippen LogP contribution in [-0.4, -0.2) is 96.1 Å². The van der Waals surface area contributed by atoms with Gasteiger partial charge < -0.3 is 38.7 Å². The van der Waals surface area contributed by atoms with Crippen molar-refractivity contribution in [3.8, 4) is 5.75 Å². The van der Waals surface area contributed by atoms with Crippen molar-refractivity contribution in [2.75, 3.05) is 6.61 Å². The third kappa shape index (κ3) is 6.36. The number of Topliss-reactive ketones (excluding diaryl/α,β-unsaturated/α-hetero) is 1. The molecule has 1 aromatic rings. The maximum atomic E-state index is 15.7. The van der Waals surface area contributed by atoms with Crippen LogP contribution < -0.4 is 4.74 Å². The standard InChI is InChI=1S/C38H51F3O11Si/c1-8-53(9-2,10-3)52-25-17-26-36(46,19-48-26)29-31(50-33(45)22-12-11-13-23(16-22)51-38(39,40)41)37(47)18-24(42)20(4)27(34(37,5)6)28(30(43)35(25,29)7)49-32(44)21-14-15-21/h11-13,16,21,24-26,28-29,31,42,46-47H,8-10,14-15,17-19H2,1-7H3/t24-,25?,26+,28+,29-,31-,35+,36-,37+/m0/s1. The fraction of sp³-hybridized carbons (Fsp3) is 0.711. The number of carbonyl (C=O) groups excluding carboxylic acids is 3. The third-order valence-electron chi connectivity index (χ3n) is 13.4.